The van der Waals surface area contributed by atoms with E-state index in [4.69, 9.17) is 0 Å². The van der Waals surface area contributed by atoms with Crippen molar-refractivity contribution in [3.63, 3.8) is 0 Å². The van der Waals surface area contributed by atoms with Crippen molar-refractivity contribution in [3.05, 3.63) is 28.6 Å². The third-order valence-corrected chi connectivity index (χ3v) is 3.37. The van der Waals surface area contributed by atoms with Crippen LogP contribution in [-0.4, -0.2) is 0 Å². The summed E-state index contributed by atoms with van der Waals surface area (Å²) in [6, 6.07) is 6.45. The third-order valence-electron chi connectivity index (χ3n) is 1.91. The molecule has 1 aromatic heterocycles. The summed E-state index contributed by atoms with van der Waals surface area (Å²) in [6.45, 7) is 4.28. The Morgan fingerprint density at radius 1 is 1.17 bits per heavy atom. The van der Waals surface area contributed by atoms with Gasteiger partial charge >= 0.3 is 0 Å². The van der Waals surface area contributed by atoms with E-state index < -0.39 is 0 Å². The van der Waals surface area contributed by atoms with E-state index in [0.717, 1.165) is 4.90 Å². The van der Waals surface area contributed by atoms with E-state index in [-0.39, 0.29) is 0 Å². The number of fused-ring (bicyclic) bond motifs is 1. The predicted octanol–water partition coefficient (Wildman–Crippen LogP) is 3.81. The molecule has 0 fully saturated rings. The van der Waals surface area contributed by atoms with Gasteiger partial charge in [0.05, 0.1) is 0 Å². The minimum Gasteiger partial charge on any atom is -0.143 e. The first-order valence-electron chi connectivity index (χ1n) is 3.86. The Bertz CT molecular complexity index is 427. The Hall–Kier alpha value is -0.470. The molecule has 0 unspecified atom stereocenters. The van der Waals surface area contributed by atoms with Crippen molar-refractivity contribution >= 4 is 34.1 Å². The molecule has 0 nitrogen and oxygen atoms in total. The highest BCUT2D eigenvalue weighted by molar-refractivity contribution is 7.80. The molecule has 0 spiro atoms. The molecular formula is C10H10S2. The first-order chi connectivity index (χ1) is 5.66. The average molecular weight is 194 g/mol. The number of aryl methyl sites for hydroxylation is 2. The minimum absolute atomic E-state index is 1.05. The monoisotopic (exact) mass is 194 g/mol. The van der Waals surface area contributed by atoms with Crippen molar-refractivity contribution in [1.29, 1.82) is 0 Å². The summed E-state index contributed by atoms with van der Waals surface area (Å²) in [6.07, 6.45) is 0. The number of thiol groups is 1. The number of benzene rings is 1. The van der Waals surface area contributed by atoms with Gasteiger partial charge in [-0.1, -0.05) is 0 Å². The molecule has 62 valence electrons. The molecule has 2 heteroatoms. The second-order valence-corrected chi connectivity index (χ2v) is 4.81. The lowest BCUT2D eigenvalue weighted by molar-refractivity contribution is 1.44. The molecule has 0 bridgehead atoms. The summed E-state index contributed by atoms with van der Waals surface area (Å²) >= 11 is 6.20. The molecule has 2 aromatic rings. The fraction of sp³-hybridized carbons (Fsp3) is 0.200. The van der Waals surface area contributed by atoms with Crippen LogP contribution < -0.4 is 0 Å². The molecule has 12 heavy (non-hydrogen) atoms. The van der Waals surface area contributed by atoms with Crippen LogP contribution >= 0.6 is 24.0 Å². The van der Waals surface area contributed by atoms with Crippen LogP contribution in [-0.2, 0) is 0 Å². The van der Waals surface area contributed by atoms with Gasteiger partial charge in [-0.3, -0.25) is 0 Å². The van der Waals surface area contributed by atoms with Gasteiger partial charge in [-0.05, 0) is 43.0 Å². The number of rotatable bonds is 0. The van der Waals surface area contributed by atoms with Crippen molar-refractivity contribution in [2.24, 2.45) is 0 Å². The van der Waals surface area contributed by atoms with Gasteiger partial charge in [0.1, 0.15) is 0 Å². The van der Waals surface area contributed by atoms with Crippen LogP contribution in [0.4, 0.5) is 0 Å². The lowest BCUT2D eigenvalue weighted by atomic mass is 10.2. The molecular weight excluding hydrogens is 184 g/mol. The number of hydrogen-bond acceptors (Lipinski definition) is 2. The van der Waals surface area contributed by atoms with E-state index in [1.54, 1.807) is 0 Å². The van der Waals surface area contributed by atoms with E-state index in [1.165, 1.54) is 20.5 Å². The largest absolute Gasteiger partial charge is 0.143 e. The van der Waals surface area contributed by atoms with E-state index in [9.17, 15) is 0 Å². The third kappa shape index (κ3) is 1.25. The first kappa shape index (κ1) is 8.14. The predicted molar refractivity (Wildman–Crippen MR) is 58.6 cm³/mol. The summed E-state index contributed by atoms with van der Waals surface area (Å²) < 4.78 is 1.39. The zero-order chi connectivity index (χ0) is 8.72. The highest BCUT2D eigenvalue weighted by atomic mass is 32.1. The smallest absolute Gasteiger partial charge is 0.0375 e. The van der Waals surface area contributed by atoms with Crippen LogP contribution in [0.2, 0.25) is 0 Å². The van der Waals surface area contributed by atoms with Gasteiger partial charge in [-0.25, -0.2) is 0 Å². The van der Waals surface area contributed by atoms with E-state index in [2.05, 4.69) is 44.7 Å². The highest BCUT2D eigenvalue weighted by Gasteiger charge is 2.01. The summed E-state index contributed by atoms with van der Waals surface area (Å²) in [5.74, 6) is 0. The number of hydrogen-bond donors (Lipinski definition) is 1. The van der Waals surface area contributed by atoms with Crippen molar-refractivity contribution < 1.29 is 0 Å². The first-order valence-corrected chi connectivity index (χ1v) is 5.13. The van der Waals surface area contributed by atoms with Gasteiger partial charge in [0.15, 0.2) is 0 Å². The molecule has 0 aliphatic heterocycles. The molecule has 1 aromatic carbocycles. The summed E-state index contributed by atoms with van der Waals surface area (Å²) in [5, 5.41) is 1.32. The zero-order valence-electron chi connectivity index (χ0n) is 7.09. The van der Waals surface area contributed by atoms with Crippen LogP contribution in [0.15, 0.2) is 23.1 Å². The topological polar surface area (TPSA) is 0 Å². The van der Waals surface area contributed by atoms with Crippen LogP contribution in [0.5, 0.6) is 0 Å². The van der Waals surface area contributed by atoms with E-state index in [1.807, 2.05) is 11.3 Å². The van der Waals surface area contributed by atoms with Gasteiger partial charge < -0.3 is 0 Å². The van der Waals surface area contributed by atoms with Crippen molar-refractivity contribution in [3.8, 4) is 0 Å². The maximum Gasteiger partial charge on any atom is 0.0375 e. The van der Waals surface area contributed by atoms with Gasteiger partial charge in [0, 0.05) is 14.5 Å². The van der Waals surface area contributed by atoms with Gasteiger partial charge in [0.2, 0.25) is 0 Å². The Morgan fingerprint density at radius 2 is 1.92 bits per heavy atom. The molecule has 0 atom stereocenters. The molecule has 0 saturated carbocycles. The molecule has 0 aliphatic carbocycles. The molecule has 0 amide bonds. The molecule has 0 saturated heterocycles. The minimum atomic E-state index is 1.05. The Morgan fingerprint density at radius 3 is 2.67 bits per heavy atom. The average Bonchev–Trinajstić information content (AvgIpc) is 2.29. The van der Waals surface area contributed by atoms with E-state index >= 15 is 0 Å². The Labute approximate surface area is 81.6 Å². The van der Waals surface area contributed by atoms with Crippen LogP contribution in [0.3, 0.4) is 0 Å². The lowest BCUT2D eigenvalue weighted by Crippen LogP contribution is -1.72. The van der Waals surface area contributed by atoms with Crippen LogP contribution in [0.25, 0.3) is 10.1 Å². The highest BCUT2D eigenvalue weighted by Crippen LogP contribution is 2.30. The Kier molecular flexibility index (Phi) is 1.89. The standard InChI is InChI=1S/C10H10S2/c1-6-3-9(11)5-8-4-7(2)12-10(6)8/h3-5,11H,1-2H3. The molecule has 1 heterocycles. The van der Waals surface area contributed by atoms with Crippen LogP contribution in [0, 0.1) is 13.8 Å². The van der Waals surface area contributed by atoms with Gasteiger partial charge in [0.25, 0.3) is 0 Å². The zero-order valence-corrected chi connectivity index (χ0v) is 8.80. The maximum absolute atomic E-state index is 4.34. The maximum atomic E-state index is 4.34. The van der Waals surface area contributed by atoms with Gasteiger partial charge in [-0.2, -0.15) is 0 Å². The Balaban J connectivity index is 2.88. The normalized spacial score (nSPS) is 10.9. The summed E-state index contributed by atoms with van der Waals surface area (Å²) in [4.78, 5) is 2.42. The molecule has 2 rings (SSSR count). The van der Waals surface area contributed by atoms with Crippen LogP contribution in [0.1, 0.15) is 10.4 Å². The SMILES string of the molecule is Cc1cc2cc(S)cc(C)c2s1. The second kappa shape index (κ2) is 2.79. The lowest BCUT2D eigenvalue weighted by Gasteiger charge is -1.96. The van der Waals surface area contributed by atoms with Gasteiger partial charge in [-0.15, -0.1) is 24.0 Å². The summed E-state index contributed by atoms with van der Waals surface area (Å²) in [7, 11) is 0. The van der Waals surface area contributed by atoms with Crippen molar-refractivity contribution in [2.45, 2.75) is 18.7 Å². The fourth-order valence-electron chi connectivity index (χ4n) is 1.44. The van der Waals surface area contributed by atoms with E-state index in [0.29, 0.717) is 0 Å². The molecule has 0 radical (unpaired) electrons. The number of thiophene rings is 1. The van der Waals surface area contributed by atoms with Crippen molar-refractivity contribution in [1.82, 2.24) is 0 Å². The summed E-state index contributed by atoms with van der Waals surface area (Å²) in [5.41, 5.74) is 1.33. The molecule has 0 N–H and O–H groups in total. The second-order valence-electron chi connectivity index (χ2n) is 3.04. The fourth-order valence-corrected chi connectivity index (χ4v) is 2.73. The molecule has 0 aliphatic rings. The quantitative estimate of drug-likeness (QED) is 0.606. The van der Waals surface area contributed by atoms with Crippen molar-refractivity contribution in [2.75, 3.05) is 0 Å².